The molecule has 2 unspecified atom stereocenters. The smallest absolute Gasteiger partial charge is 0.315 e. The van der Waals surface area contributed by atoms with Gasteiger partial charge in [-0.2, -0.15) is 0 Å². The molecule has 0 spiro atoms. The molecule has 0 radical (unpaired) electrons. The Morgan fingerprint density at radius 1 is 1.28 bits per heavy atom. The number of aliphatic hydroxyl groups is 1. The molecule has 1 saturated carbocycles. The fourth-order valence-corrected chi connectivity index (χ4v) is 2.98. The predicted molar refractivity (Wildman–Crippen MR) is 71.2 cm³/mol. The second-order valence-corrected chi connectivity index (χ2v) is 5.76. The van der Waals surface area contributed by atoms with Gasteiger partial charge in [0.1, 0.15) is 0 Å². The quantitative estimate of drug-likeness (QED) is 0.671. The molecule has 2 aliphatic rings. The average Bonchev–Trinajstić information content (AvgIpc) is 2.76. The molecule has 0 aromatic heterocycles. The molecule has 102 valence electrons. The van der Waals surface area contributed by atoms with E-state index in [9.17, 15) is 4.79 Å². The minimum atomic E-state index is -0.0673. The minimum Gasteiger partial charge on any atom is -0.396 e. The van der Waals surface area contributed by atoms with Gasteiger partial charge in [0.25, 0.3) is 0 Å². The SMILES string of the molecule is CC1CCCC(NC(=O)N[C@@H]2C=C[C@H](CO)C2)C1. The second kappa shape index (κ2) is 6.23. The van der Waals surface area contributed by atoms with Crippen LogP contribution < -0.4 is 10.6 Å². The Kier molecular flexibility index (Phi) is 4.64. The van der Waals surface area contributed by atoms with Crippen molar-refractivity contribution in [3.05, 3.63) is 12.2 Å². The number of urea groups is 1. The van der Waals surface area contributed by atoms with Crippen molar-refractivity contribution in [3.8, 4) is 0 Å². The maximum absolute atomic E-state index is 11.9. The van der Waals surface area contributed by atoms with E-state index in [0.717, 1.165) is 19.3 Å². The summed E-state index contributed by atoms with van der Waals surface area (Å²) in [5.41, 5.74) is 0. The summed E-state index contributed by atoms with van der Waals surface area (Å²) >= 11 is 0. The van der Waals surface area contributed by atoms with Crippen LogP contribution in [0.5, 0.6) is 0 Å². The first-order valence-corrected chi connectivity index (χ1v) is 7.03. The third-order valence-corrected chi connectivity index (χ3v) is 3.99. The summed E-state index contributed by atoms with van der Waals surface area (Å²) in [6.07, 6.45) is 9.44. The monoisotopic (exact) mass is 252 g/mol. The fourth-order valence-electron chi connectivity index (χ4n) is 2.98. The van der Waals surface area contributed by atoms with E-state index in [-0.39, 0.29) is 24.6 Å². The molecule has 0 aliphatic heterocycles. The predicted octanol–water partition coefficient (Wildman–Crippen LogP) is 1.80. The number of aliphatic hydroxyl groups excluding tert-OH is 1. The van der Waals surface area contributed by atoms with E-state index in [1.807, 2.05) is 12.2 Å². The number of amides is 2. The summed E-state index contributed by atoms with van der Waals surface area (Å²) in [4.78, 5) is 11.9. The van der Waals surface area contributed by atoms with Gasteiger partial charge in [-0.05, 0) is 25.2 Å². The first-order valence-electron chi connectivity index (χ1n) is 7.03. The summed E-state index contributed by atoms with van der Waals surface area (Å²) in [5.74, 6) is 0.916. The van der Waals surface area contributed by atoms with Gasteiger partial charge in [-0.1, -0.05) is 31.9 Å². The van der Waals surface area contributed by atoms with Crippen molar-refractivity contribution in [2.24, 2.45) is 11.8 Å². The first kappa shape index (κ1) is 13.4. The van der Waals surface area contributed by atoms with Gasteiger partial charge < -0.3 is 15.7 Å². The summed E-state index contributed by atoms with van der Waals surface area (Å²) in [5, 5.41) is 15.0. The summed E-state index contributed by atoms with van der Waals surface area (Å²) in [6, 6.07) is 0.332. The average molecular weight is 252 g/mol. The van der Waals surface area contributed by atoms with Crippen molar-refractivity contribution in [1.29, 1.82) is 0 Å². The lowest BCUT2D eigenvalue weighted by Gasteiger charge is -2.28. The molecule has 2 aliphatic carbocycles. The number of hydrogen-bond acceptors (Lipinski definition) is 2. The topological polar surface area (TPSA) is 61.4 Å². The first-order chi connectivity index (χ1) is 8.67. The summed E-state index contributed by atoms with van der Waals surface area (Å²) in [6.45, 7) is 2.41. The Labute approximate surface area is 109 Å². The van der Waals surface area contributed by atoms with Gasteiger partial charge in [-0.15, -0.1) is 0 Å². The third kappa shape index (κ3) is 3.73. The number of carbonyl (C=O) groups excluding carboxylic acids is 1. The van der Waals surface area contributed by atoms with Gasteiger partial charge >= 0.3 is 6.03 Å². The number of hydrogen-bond donors (Lipinski definition) is 3. The zero-order valence-electron chi connectivity index (χ0n) is 11.1. The summed E-state index contributed by atoms with van der Waals surface area (Å²) in [7, 11) is 0. The van der Waals surface area contributed by atoms with E-state index in [1.54, 1.807) is 0 Å². The van der Waals surface area contributed by atoms with Crippen molar-refractivity contribution in [2.45, 2.75) is 51.1 Å². The lowest BCUT2D eigenvalue weighted by atomic mass is 9.87. The molecule has 4 atom stereocenters. The number of nitrogens with one attached hydrogen (secondary N) is 2. The second-order valence-electron chi connectivity index (χ2n) is 5.76. The van der Waals surface area contributed by atoms with E-state index in [0.29, 0.717) is 12.0 Å². The van der Waals surface area contributed by atoms with Gasteiger partial charge in [0.15, 0.2) is 0 Å². The maximum atomic E-state index is 11.9. The molecule has 0 saturated heterocycles. The van der Waals surface area contributed by atoms with Crippen molar-refractivity contribution >= 4 is 6.03 Å². The van der Waals surface area contributed by atoms with Crippen LogP contribution in [0.4, 0.5) is 4.79 Å². The molecule has 2 rings (SSSR count). The lowest BCUT2D eigenvalue weighted by Crippen LogP contribution is -2.46. The number of rotatable bonds is 3. The molecule has 0 aromatic carbocycles. The minimum absolute atomic E-state index is 0.0673. The Balaban J connectivity index is 1.71. The fraction of sp³-hybridized carbons (Fsp3) is 0.786. The molecule has 4 heteroatoms. The van der Waals surface area contributed by atoms with Crippen LogP contribution in [0, 0.1) is 11.8 Å². The van der Waals surface area contributed by atoms with Gasteiger partial charge in [-0.3, -0.25) is 0 Å². The molecule has 0 heterocycles. The third-order valence-electron chi connectivity index (χ3n) is 3.99. The molecule has 4 nitrogen and oxygen atoms in total. The van der Waals surface area contributed by atoms with Crippen LogP contribution in [0.2, 0.25) is 0 Å². The molecular formula is C14H24N2O2. The Hall–Kier alpha value is -1.03. The summed E-state index contributed by atoms with van der Waals surface area (Å²) < 4.78 is 0. The van der Waals surface area contributed by atoms with Gasteiger partial charge in [0.2, 0.25) is 0 Å². The van der Waals surface area contributed by atoms with Crippen molar-refractivity contribution < 1.29 is 9.90 Å². The molecule has 18 heavy (non-hydrogen) atoms. The van der Waals surface area contributed by atoms with E-state index >= 15 is 0 Å². The molecule has 0 bridgehead atoms. The largest absolute Gasteiger partial charge is 0.396 e. The van der Waals surface area contributed by atoms with Crippen LogP contribution in [0.1, 0.15) is 39.0 Å². The highest BCUT2D eigenvalue weighted by atomic mass is 16.3. The van der Waals surface area contributed by atoms with Gasteiger partial charge in [0, 0.05) is 24.6 Å². The van der Waals surface area contributed by atoms with Crippen LogP contribution in [0.15, 0.2) is 12.2 Å². The van der Waals surface area contributed by atoms with Crippen LogP contribution in [0.3, 0.4) is 0 Å². The van der Waals surface area contributed by atoms with E-state index in [4.69, 9.17) is 5.11 Å². The van der Waals surface area contributed by atoms with E-state index in [2.05, 4.69) is 17.6 Å². The van der Waals surface area contributed by atoms with Crippen molar-refractivity contribution in [2.75, 3.05) is 6.61 Å². The zero-order chi connectivity index (χ0) is 13.0. The van der Waals surface area contributed by atoms with Gasteiger partial charge in [0.05, 0.1) is 0 Å². The van der Waals surface area contributed by atoms with Gasteiger partial charge in [-0.25, -0.2) is 4.79 Å². The van der Waals surface area contributed by atoms with Crippen LogP contribution in [0.25, 0.3) is 0 Å². The van der Waals surface area contributed by atoms with Crippen molar-refractivity contribution in [3.63, 3.8) is 0 Å². The van der Waals surface area contributed by atoms with Crippen molar-refractivity contribution in [1.82, 2.24) is 10.6 Å². The number of carbonyl (C=O) groups is 1. The standard InChI is InChI=1S/C14H24N2O2/c1-10-3-2-4-12(7-10)15-14(18)16-13-6-5-11(8-13)9-17/h5-6,10-13,17H,2-4,7-9H2,1H3,(H2,15,16,18)/t10?,11-,12?,13+/m0/s1. The Bertz CT molecular complexity index is 317. The lowest BCUT2D eigenvalue weighted by molar-refractivity contribution is 0.221. The van der Waals surface area contributed by atoms with Crippen LogP contribution in [-0.2, 0) is 0 Å². The zero-order valence-corrected chi connectivity index (χ0v) is 11.1. The normalized spacial score (nSPS) is 35.4. The highest BCUT2D eigenvalue weighted by Gasteiger charge is 2.23. The highest BCUT2D eigenvalue weighted by molar-refractivity contribution is 5.74. The molecule has 1 fully saturated rings. The van der Waals surface area contributed by atoms with E-state index < -0.39 is 0 Å². The molecule has 3 N–H and O–H groups in total. The Morgan fingerprint density at radius 2 is 2.11 bits per heavy atom. The molecular weight excluding hydrogens is 228 g/mol. The van der Waals surface area contributed by atoms with E-state index in [1.165, 1.54) is 12.8 Å². The molecule has 2 amide bonds. The highest BCUT2D eigenvalue weighted by Crippen LogP contribution is 2.23. The Morgan fingerprint density at radius 3 is 2.78 bits per heavy atom. The van der Waals surface area contributed by atoms with Crippen LogP contribution in [-0.4, -0.2) is 29.8 Å². The molecule has 0 aromatic rings. The van der Waals surface area contributed by atoms with Crippen LogP contribution >= 0.6 is 0 Å². The maximum Gasteiger partial charge on any atom is 0.315 e.